The van der Waals surface area contributed by atoms with E-state index in [1.807, 2.05) is 6.07 Å². The first-order valence-corrected chi connectivity index (χ1v) is 9.52. The molecule has 162 valence electrons. The molecule has 2 aromatic rings. The first kappa shape index (κ1) is 22.1. The van der Waals surface area contributed by atoms with Gasteiger partial charge in [0, 0.05) is 25.6 Å². The van der Waals surface area contributed by atoms with Gasteiger partial charge in [-0.1, -0.05) is 6.07 Å². The van der Waals surface area contributed by atoms with Crippen LogP contribution < -0.4 is 10.1 Å². The molecule has 1 aliphatic rings. The molecule has 2 heterocycles. The van der Waals surface area contributed by atoms with E-state index in [0.29, 0.717) is 23.4 Å². The van der Waals surface area contributed by atoms with Crippen molar-refractivity contribution in [2.75, 3.05) is 25.0 Å². The van der Waals surface area contributed by atoms with Gasteiger partial charge in [-0.3, -0.25) is 9.59 Å². The van der Waals surface area contributed by atoms with Crippen LogP contribution >= 0.6 is 0 Å². The third-order valence-electron chi connectivity index (χ3n) is 4.88. The van der Waals surface area contributed by atoms with Gasteiger partial charge in [0.2, 0.25) is 12.3 Å². The highest BCUT2D eigenvalue weighted by Crippen LogP contribution is 2.34. The molecule has 0 aliphatic carbocycles. The Hall–Kier alpha value is -3.58. The first-order valence-electron chi connectivity index (χ1n) is 9.52. The van der Waals surface area contributed by atoms with Crippen molar-refractivity contribution < 1.29 is 28.2 Å². The molecule has 0 spiro atoms. The normalized spacial score (nSPS) is 17.5. The molecule has 1 atom stereocenters. The van der Waals surface area contributed by atoms with Crippen molar-refractivity contribution in [2.45, 2.75) is 24.9 Å². The minimum Gasteiger partial charge on any atom is -0.483 e. The number of aliphatic hydroxyl groups is 1. The summed E-state index contributed by atoms with van der Waals surface area (Å²) in [4.78, 5) is 27.4. The van der Waals surface area contributed by atoms with Crippen molar-refractivity contribution in [1.29, 1.82) is 5.26 Å². The Bertz CT molecular complexity index is 1010. The zero-order valence-corrected chi connectivity index (χ0v) is 16.4. The van der Waals surface area contributed by atoms with Gasteiger partial charge in [0.15, 0.2) is 6.10 Å². The third-order valence-corrected chi connectivity index (χ3v) is 4.88. The van der Waals surface area contributed by atoms with E-state index in [1.165, 1.54) is 18.3 Å². The summed E-state index contributed by atoms with van der Waals surface area (Å²) in [6.45, 7) is -1.13. The number of likely N-dealkylation sites (tertiary alicyclic amines) is 1. The molecule has 1 aromatic heterocycles. The fourth-order valence-electron chi connectivity index (χ4n) is 3.33. The summed E-state index contributed by atoms with van der Waals surface area (Å²) < 4.78 is 34.7. The van der Waals surface area contributed by atoms with Gasteiger partial charge in [-0.25, -0.2) is 13.8 Å². The van der Waals surface area contributed by atoms with E-state index in [1.54, 1.807) is 18.2 Å². The summed E-state index contributed by atoms with van der Waals surface area (Å²) in [5, 5.41) is 20.8. The fraction of sp³-hybridized carbons (Fsp3) is 0.333. The quantitative estimate of drug-likeness (QED) is 0.651. The number of aromatic nitrogens is 1. The number of nitrogens with zero attached hydrogens (tertiary/aromatic N) is 3. The van der Waals surface area contributed by atoms with Gasteiger partial charge in [0.25, 0.3) is 0 Å². The van der Waals surface area contributed by atoms with Gasteiger partial charge < -0.3 is 20.1 Å². The molecule has 1 aromatic carbocycles. The molecular weight excluding hydrogens is 410 g/mol. The second-order valence-corrected chi connectivity index (χ2v) is 6.96. The van der Waals surface area contributed by atoms with Crippen molar-refractivity contribution in [3.8, 4) is 22.9 Å². The molecule has 2 N–H and O–H groups in total. The molecule has 31 heavy (non-hydrogen) atoms. The lowest BCUT2D eigenvalue weighted by molar-refractivity contribution is -0.160. The molecule has 1 fully saturated rings. The van der Waals surface area contributed by atoms with Gasteiger partial charge in [-0.2, -0.15) is 5.26 Å². The van der Waals surface area contributed by atoms with Gasteiger partial charge in [-0.15, -0.1) is 0 Å². The predicted molar refractivity (Wildman–Crippen MR) is 106 cm³/mol. The lowest BCUT2D eigenvalue weighted by atomic mass is 10.0. The zero-order chi connectivity index (χ0) is 22.4. The number of amides is 2. The molecule has 8 nitrogen and oxygen atoms in total. The molecule has 0 bridgehead atoms. The Morgan fingerprint density at radius 3 is 2.84 bits per heavy atom. The summed E-state index contributed by atoms with van der Waals surface area (Å²) in [5.74, 6) is -3.50. The fourth-order valence-corrected chi connectivity index (χ4v) is 3.33. The van der Waals surface area contributed by atoms with E-state index >= 15 is 0 Å². The zero-order valence-electron chi connectivity index (χ0n) is 16.4. The SMILES string of the molecule is N#Cc1cc(-c2ccnc(NC=O)c2)ccc1OC1CCN(C(=O)CCO)CC1(F)F. The van der Waals surface area contributed by atoms with Crippen molar-refractivity contribution >= 4 is 18.1 Å². The van der Waals surface area contributed by atoms with Crippen LogP contribution in [0.1, 0.15) is 18.4 Å². The number of ether oxygens (including phenoxy) is 1. The highest BCUT2D eigenvalue weighted by Gasteiger charge is 2.47. The van der Waals surface area contributed by atoms with E-state index in [-0.39, 0.29) is 30.7 Å². The van der Waals surface area contributed by atoms with Crippen molar-refractivity contribution in [3.63, 3.8) is 0 Å². The van der Waals surface area contributed by atoms with Crippen LogP contribution in [-0.2, 0) is 9.59 Å². The summed E-state index contributed by atoms with van der Waals surface area (Å²) in [6.07, 6.45) is 0.173. The van der Waals surface area contributed by atoms with Crippen LogP contribution in [0.4, 0.5) is 14.6 Å². The number of benzene rings is 1. The maximum absolute atomic E-state index is 14.6. The van der Waals surface area contributed by atoms with Gasteiger partial charge in [0.1, 0.15) is 17.6 Å². The van der Waals surface area contributed by atoms with E-state index in [2.05, 4.69) is 10.3 Å². The van der Waals surface area contributed by atoms with Crippen LogP contribution in [0.2, 0.25) is 0 Å². The summed E-state index contributed by atoms with van der Waals surface area (Å²) in [5.41, 5.74) is 1.37. The van der Waals surface area contributed by atoms with Gasteiger partial charge in [0.05, 0.1) is 18.7 Å². The number of rotatable bonds is 7. The third kappa shape index (κ3) is 5.13. The van der Waals surface area contributed by atoms with Crippen LogP contribution in [0.5, 0.6) is 5.75 Å². The number of carbonyl (C=O) groups excluding carboxylic acids is 2. The Morgan fingerprint density at radius 1 is 1.39 bits per heavy atom. The van der Waals surface area contributed by atoms with Gasteiger partial charge >= 0.3 is 5.92 Å². The number of alkyl halides is 2. The minimum atomic E-state index is -3.31. The predicted octanol–water partition coefficient (Wildman–Crippen LogP) is 2.19. The molecule has 2 amide bonds. The molecule has 1 aliphatic heterocycles. The maximum Gasteiger partial charge on any atom is 0.301 e. The number of aliphatic hydroxyl groups excluding tert-OH is 1. The number of nitrogens with one attached hydrogen (secondary N) is 1. The van der Waals surface area contributed by atoms with Crippen LogP contribution in [-0.4, -0.2) is 59.0 Å². The highest BCUT2D eigenvalue weighted by atomic mass is 19.3. The molecule has 0 saturated carbocycles. The van der Waals surface area contributed by atoms with E-state index in [4.69, 9.17) is 9.84 Å². The summed E-state index contributed by atoms with van der Waals surface area (Å²) in [6, 6.07) is 9.82. The number of hydrogen-bond donors (Lipinski definition) is 2. The second-order valence-electron chi connectivity index (χ2n) is 6.96. The molecule has 0 radical (unpaired) electrons. The average Bonchev–Trinajstić information content (AvgIpc) is 2.75. The highest BCUT2D eigenvalue weighted by molar-refractivity contribution is 5.76. The largest absolute Gasteiger partial charge is 0.483 e. The standard InChI is InChI=1S/C21H20F2N4O4/c22-21(23)12-27(20(30)5-8-28)7-4-18(21)31-17-2-1-14(9-16(17)11-24)15-3-6-25-19(10-15)26-13-29/h1-3,6,9-10,13,18,28H,4-5,7-8,12H2,(H,25,26,29). The van der Waals surface area contributed by atoms with Crippen LogP contribution in [0.3, 0.4) is 0 Å². The number of halogens is 2. The Balaban J connectivity index is 1.78. The van der Waals surface area contributed by atoms with Crippen LogP contribution in [0.15, 0.2) is 36.5 Å². The van der Waals surface area contributed by atoms with Gasteiger partial charge in [-0.05, 0) is 35.4 Å². The van der Waals surface area contributed by atoms with Crippen molar-refractivity contribution in [3.05, 3.63) is 42.1 Å². The maximum atomic E-state index is 14.6. The van der Waals surface area contributed by atoms with Crippen molar-refractivity contribution in [2.24, 2.45) is 0 Å². The monoisotopic (exact) mass is 430 g/mol. The van der Waals surface area contributed by atoms with Crippen molar-refractivity contribution in [1.82, 2.24) is 9.88 Å². The van der Waals surface area contributed by atoms with Crippen LogP contribution in [0.25, 0.3) is 11.1 Å². The Morgan fingerprint density at radius 2 is 2.16 bits per heavy atom. The number of carbonyl (C=O) groups is 2. The van der Waals surface area contributed by atoms with Crippen LogP contribution in [0, 0.1) is 11.3 Å². The number of piperidine rings is 1. The second kappa shape index (κ2) is 9.49. The molecule has 10 heteroatoms. The Labute approximate surface area is 177 Å². The van der Waals surface area contributed by atoms with E-state index in [9.17, 15) is 23.6 Å². The van der Waals surface area contributed by atoms with E-state index in [0.717, 1.165) is 4.90 Å². The number of anilines is 1. The summed E-state index contributed by atoms with van der Waals surface area (Å²) >= 11 is 0. The molecule has 1 unspecified atom stereocenters. The average molecular weight is 430 g/mol. The van der Waals surface area contributed by atoms with E-state index < -0.39 is 31.1 Å². The minimum absolute atomic E-state index is 0.0198. The Kier molecular flexibility index (Phi) is 6.77. The topological polar surface area (TPSA) is 116 Å². The first-order chi connectivity index (χ1) is 14.9. The number of pyridine rings is 1. The summed E-state index contributed by atoms with van der Waals surface area (Å²) in [7, 11) is 0. The lowest BCUT2D eigenvalue weighted by Gasteiger charge is -2.38. The molecule has 1 saturated heterocycles. The molecule has 3 rings (SSSR count). The number of hydrogen-bond acceptors (Lipinski definition) is 6. The smallest absolute Gasteiger partial charge is 0.301 e. The number of nitriles is 1. The lowest BCUT2D eigenvalue weighted by Crippen LogP contribution is -2.55. The molecular formula is C21H20F2N4O4.